The van der Waals surface area contributed by atoms with Crippen molar-refractivity contribution in [1.29, 1.82) is 0 Å². The maximum atomic E-state index is 13.4. The van der Waals surface area contributed by atoms with E-state index in [1.54, 1.807) is 0 Å². The molecule has 1 aromatic carbocycles. The average Bonchev–Trinajstić information content (AvgIpc) is 2.53. The molecular weight excluding hydrogens is 362 g/mol. The van der Waals surface area contributed by atoms with E-state index in [0.29, 0.717) is 5.91 Å². The second kappa shape index (κ2) is 5.33. The van der Waals surface area contributed by atoms with Crippen LogP contribution in [0, 0.1) is 17.3 Å². The number of amides is 1. The number of halogens is 1. The molecule has 0 heterocycles. The van der Waals surface area contributed by atoms with Gasteiger partial charge in [-0.25, -0.2) is 0 Å². The maximum absolute atomic E-state index is 13.4. The van der Waals surface area contributed by atoms with Crippen molar-refractivity contribution in [3.63, 3.8) is 0 Å². The number of hydrogen-bond acceptors (Lipinski definition) is 1. The zero-order valence-corrected chi connectivity index (χ0v) is 15.8. The molecule has 0 aromatic heterocycles. The van der Waals surface area contributed by atoms with Gasteiger partial charge in [0.15, 0.2) is 0 Å². The molecule has 0 radical (unpaired) electrons. The van der Waals surface area contributed by atoms with Crippen molar-refractivity contribution in [3.05, 3.63) is 35.4 Å². The first-order valence-corrected chi connectivity index (χ1v) is 10.4. The Hall–Kier alpha value is -0.830. The highest BCUT2D eigenvalue weighted by Gasteiger charge is 2.59. The smallest absolute Gasteiger partial charge is 0.226 e. The minimum Gasteiger partial charge on any atom is -0.349 e. The van der Waals surface area contributed by atoms with Gasteiger partial charge in [0.25, 0.3) is 0 Å². The van der Waals surface area contributed by atoms with Crippen LogP contribution in [0.5, 0.6) is 0 Å². The van der Waals surface area contributed by atoms with Gasteiger partial charge >= 0.3 is 0 Å². The molecule has 4 saturated carbocycles. The van der Waals surface area contributed by atoms with Gasteiger partial charge in [0.1, 0.15) is 0 Å². The minimum atomic E-state index is -0.0972. The summed E-state index contributed by atoms with van der Waals surface area (Å²) in [6.45, 7) is 0. The highest BCUT2D eigenvalue weighted by molar-refractivity contribution is 9.10. The molecule has 5 atom stereocenters. The standard InChI is InChI=1S/C21H26BrNO/c22-21-11-14-8-15(12-21)10-20(9-14,13-21)19(24)23-18-7-3-5-16-4-1-2-6-17(16)18/h1-2,4,6,14-15,18H,3,5,7-13H2,(H,23,24)/t14-,15+,18-,20?,21?/m1/s1. The molecule has 2 unspecified atom stereocenters. The molecule has 2 nitrogen and oxygen atoms in total. The number of carbonyl (C=O) groups excluding carboxylic acids is 1. The first kappa shape index (κ1) is 15.4. The summed E-state index contributed by atoms with van der Waals surface area (Å²) in [6.07, 6.45) is 10.6. The Labute approximate surface area is 152 Å². The summed E-state index contributed by atoms with van der Waals surface area (Å²) in [7, 11) is 0. The molecule has 1 amide bonds. The third kappa shape index (κ3) is 2.38. The third-order valence-electron chi connectivity index (χ3n) is 7.15. The Kier molecular flexibility index (Phi) is 3.43. The van der Waals surface area contributed by atoms with E-state index in [9.17, 15) is 4.79 Å². The molecule has 0 saturated heterocycles. The molecule has 4 bridgehead atoms. The van der Waals surface area contributed by atoms with Gasteiger partial charge in [-0.1, -0.05) is 40.2 Å². The van der Waals surface area contributed by atoms with Crippen LogP contribution in [0.4, 0.5) is 0 Å². The third-order valence-corrected chi connectivity index (χ3v) is 8.07. The van der Waals surface area contributed by atoms with Gasteiger partial charge in [-0.05, 0) is 80.8 Å². The quantitative estimate of drug-likeness (QED) is 0.717. The van der Waals surface area contributed by atoms with E-state index in [1.165, 1.54) is 36.8 Å². The van der Waals surface area contributed by atoms with Gasteiger partial charge in [-0.15, -0.1) is 0 Å². The zero-order chi connectivity index (χ0) is 16.4. The van der Waals surface area contributed by atoms with Gasteiger partial charge in [0.05, 0.1) is 11.5 Å². The molecule has 128 valence electrons. The number of hydrogen-bond donors (Lipinski definition) is 1. The number of fused-ring (bicyclic) bond motifs is 1. The number of alkyl halides is 1. The predicted molar refractivity (Wildman–Crippen MR) is 99.0 cm³/mol. The molecule has 6 rings (SSSR count). The van der Waals surface area contributed by atoms with Crippen LogP contribution in [-0.4, -0.2) is 10.2 Å². The molecule has 1 aromatic rings. The highest BCUT2D eigenvalue weighted by atomic mass is 79.9. The maximum Gasteiger partial charge on any atom is 0.226 e. The van der Waals surface area contributed by atoms with E-state index in [-0.39, 0.29) is 15.8 Å². The largest absolute Gasteiger partial charge is 0.349 e. The first-order valence-electron chi connectivity index (χ1n) is 9.63. The average molecular weight is 388 g/mol. The summed E-state index contributed by atoms with van der Waals surface area (Å²) in [5.41, 5.74) is 2.69. The fraction of sp³-hybridized carbons (Fsp3) is 0.667. The molecule has 24 heavy (non-hydrogen) atoms. The van der Waals surface area contributed by atoms with Gasteiger partial charge in [-0.2, -0.15) is 0 Å². The molecule has 5 aliphatic carbocycles. The lowest BCUT2D eigenvalue weighted by atomic mass is 9.49. The molecular formula is C21H26BrNO. The van der Waals surface area contributed by atoms with Crippen LogP contribution in [-0.2, 0) is 11.2 Å². The second-order valence-corrected chi connectivity index (χ2v) is 10.7. The molecule has 0 aliphatic heterocycles. The Bertz CT molecular complexity index is 670. The van der Waals surface area contributed by atoms with E-state index < -0.39 is 0 Å². The monoisotopic (exact) mass is 387 g/mol. The van der Waals surface area contributed by atoms with Crippen molar-refractivity contribution < 1.29 is 4.79 Å². The summed E-state index contributed by atoms with van der Waals surface area (Å²) in [5.74, 6) is 1.87. The number of benzene rings is 1. The van der Waals surface area contributed by atoms with Gasteiger partial charge in [0, 0.05) is 4.32 Å². The predicted octanol–water partition coefficient (Wildman–Crippen LogP) is 4.91. The molecule has 5 aliphatic rings. The second-order valence-electron chi connectivity index (χ2n) is 9.01. The van der Waals surface area contributed by atoms with E-state index in [1.807, 2.05) is 0 Å². The van der Waals surface area contributed by atoms with Crippen LogP contribution < -0.4 is 5.32 Å². The van der Waals surface area contributed by atoms with Gasteiger partial charge in [0.2, 0.25) is 5.91 Å². The Morgan fingerprint density at radius 2 is 1.88 bits per heavy atom. The Morgan fingerprint density at radius 3 is 2.62 bits per heavy atom. The summed E-state index contributed by atoms with van der Waals surface area (Å²) in [5, 5.41) is 3.49. The van der Waals surface area contributed by atoms with E-state index in [4.69, 9.17) is 0 Å². The highest BCUT2D eigenvalue weighted by Crippen LogP contribution is 2.64. The number of carbonyl (C=O) groups is 1. The van der Waals surface area contributed by atoms with Crippen LogP contribution in [0.25, 0.3) is 0 Å². The van der Waals surface area contributed by atoms with E-state index in [0.717, 1.165) is 43.9 Å². The minimum absolute atomic E-state index is 0.0972. The number of rotatable bonds is 2. The summed E-state index contributed by atoms with van der Waals surface area (Å²) < 4.78 is 0.249. The molecule has 4 fully saturated rings. The SMILES string of the molecule is O=C(N[C@@H]1CCCc2ccccc21)C12C[C@@H]3C[C@@H](CC(Br)(C3)C1)C2. The lowest BCUT2D eigenvalue weighted by Crippen LogP contribution is -2.58. The number of nitrogens with one attached hydrogen (secondary N) is 1. The molecule has 3 heteroatoms. The molecule has 1 N–H and O–H groups in total. The lowest BCUT2D eigenvalue weighted by molar-refractivity contribution is -0.145. The van der Waals surface area contributed by atoms with Crippen LogP contribution in [0.1, 0.15) is 68.5 Å². The zero-order valence-electron chi connectivity index (χ0n) is 14.2. The van der Waals surface area contributed by atoms with Crippen LogP contribution in [0.3, 0.4) is 0 Å². The fourth-order valence-electron chi connectivity index (χ4n) is 6.63. The van der Waals surface area contributed by atoms with Crippen molar-refractivity contribution in [1.82, 2.24) is 5.32 Å². The Balaban J connectivity index is 1.40. The van der Waals surface area contributed by atoms with Crippen LogP contribution in [0.2, 0.25) is 0 Å². The van der Waals surface area contributed by atoms with Crippen molar-refractivity contribution in [2.75, 3.05) is 0 Å². The first-order chi connectivity index (χ1) is 11.6. The van der Waals surface area contributed by atoms with Crippen molar-refractivity contribution in [2.24, 2.45) is 17.3 Å². The Morgan fingerprint density at radius 1 is 1.12 bits per heavy atom. The van der Waals surface area contributed by atoms with Crippen molar-refractivity contribution >= 4 is 21.8 Å². The normalized spacial score (nSPS) is 42.6. The van der Waals surface area contributed by atoms with Crippen molar-refractivity contribution in [3.8, 4) is 0 Å². The molecule has 0 spiro atoms. The number of aryl methyl sites for hydroxylation is 1. The summed E-state index contributed by atoms with van der Waals surface area (Å²) in [4.78, 5) is 13.4. The summed E-state index contributed by atoms with van der Waals surface area (Å²) >= 11 is 4.03. The fourth-order valence-corrected chi connectivity index (χ4v) is 8.08. The summed E-state index contributed by atoms with van der Waals surface area (Å²) in [6, 6.07) is 8.90. The van der Waals surface area contributed by atoms with Crippen LogP contribution in [0.15, 0.2) is 24.3 Å². The van der Waals surface area contributed by atoms with Crippen LogP contribution >= 0.6 is 15.9 Å². The van der Waals surface area contributed by atoms with E-state index in [2.05, 4.69) is 45.5 Å². The topological polar surface area (TPSA) is 29.1 Å². The lowest BCUT2D eigenvalue weighted by Gasteiger charge is -2.59. The van der Waals surface area contributed by atoms with Crippen molar-refractivity contribution in [2.45, 2.75) is 68.2 Å². The van der Waals surface area contributed by atoms with E-state index >= 15 is 0 Å². The van der Waals surface area contributed by atoms with Gasteiger partial charge in [-0.3, -0.25) is 4.79 Å². The van der Waals surface area contributed by atoms with Gasteiger partial charge < -0.3 is 5.32 Å².